The first-order valence-electron chi connectivity index (χ1n) is 10.0. The lowest BCUT2D eigenvalue weighted by Crippen LogP contribution is -2.38. The van der Waals surface area contributed by atoms with Crippen LogP contribution >= 0.6 is 0 Å². The molecule has 1 N–H and O–H groups in total. The van der Waals surface area contributed by atoms with Crippen LogP contribution in [0.4, 0.5) is 5.69 Å². The van der Waals surface area contributed by atoms with Crippen LogP contribution < -0.4 is 14.8 Å². The van der Waals surface area contributed by atoms with E-state index in [0.29, 0.717) is 28.3 Å². The summed E-state index contributed by atoms with van der Waals surface area (Å²) < 4.78 is 11.1. The number of amides is 2. The third kappa shape index (κ3) is 4.17. The summed E-state index contributed by atoms with van der Waals surface area (Å²) in [5, 5.41) is 3.17. The zero-order chi connectivity index (χ0) is 22.0. The van der Waals surface area contributed by atoms with Crippen LogP contribution in [0.15, 0.2) is 48.2 Å². The Labute approximate surface area is 177 Å². The zero-order valence-corrected chi connectivity index (χ0v) is 18.3. The van der Waals surface area contributed by atoms with Gasteiger partial charge in [-0.3, -0.25) is 14.5 Å². The summed E-state index contributed by atoms with van der Waals surface area (Å²) in [6.45, 7) is 9.50. The highest BCUT2D eigenvalue weighted by atomic mass is 16.5. The van der Waals surface area contributed by atoms with Gasteiger partial charge >= 0.3 is 0 Å². The molecule has 1 aliphatic heterocycles. The molecule has 2 amide bonds. The number of aryl methyl sites for hydroxylation is 1. The van der Waals surface area contributed by atoms with E-state index >= 15 is 0 Å². The Morgan fingerprint density at radius 2 is 1.60 bits per heavy atom. The average Bonchev–Trinajstić information content (AvgIpc) is 2.92. The maximum atomic E-state index is 13.2. The lowest BCUT2D eigenvalue weighted by Gasteiger charge is -2.19. The van der Waals surface area contributed by atoms with E-state index in [9.17, 15) is 9.59 Å². The molecule has 0 aromatic heterocycles. The van der Waals surface area contributed by atoms with Crippen molar-refractivity contribution >= 4 is 23.1 Å². The van der Waals surface area contributed by atoms with E-state index in [1.54, 1.807) is 19.2 Å². The Bertz CT molecular complexity index is 991. The van der Waals surface area contributed by atoms with E-state index < -0.39 is 0 Å². The predicted molar refractivity (Wildman–Crippen MR) is 117 cm³/mol. The van der Waals surface area contributed by atoms with Crippen molar-refractivity contribution in [3.8, 4) is 11.5 Å². The maximum absolute atomic E-state index is 13.2. The third-order valence-corrected chi connectivity index (χ3v) is 4.76. The van der Waals surface area contributed by atoms with Crippen molar-refractivity contribution in [2.24, 2.45) is 0 Å². The van der Waals surface area contributed by atoms with E-state index in [2.05, 4.69) is 5.32 Å². The highest BCUT2D eigenvalue weighted by Crippen LogP contribution is 2.35. The number of nitrogens with one attached hydrogen (secondary N) is 1. The van der Waals surface area contributed by atoms with Crippen LogP contribution in [0.2, 0.25) is 0 Å². The van der Waals surface area contributed by atoms with Crippen LogP contribution in [-0.4, -0.2) is 36.0 Å². The maximum Gasteiger partial charge on any atom is 0.278 e. The van der Waals surface area contributed by atoms with Crippen molar-refractivity contribution in [2.45, 2.75) is 46.8 Å². The van der Waals surface area contributed by atoms with E-state index in [0.717, 1.165) is 5.56 Å². The van der Waals surface area contributed by atoms with Gasteiger partial charge in [0.2, 0.25) is 0 Å². The molecule has 0 radical (unpaired) electrons. The molecule has 0 fully saturated rings. The van der Waals surface area contributed by atoms with Crippen LogP contribution in [0.5, 0.6) is 11.5 Å². The summed E-state index contributed by atoms with van der Waals surface area (Å²) >= 11 is 0. The predicted octanol–water partition coefficient (Wildman–Crippen LogP) is 4.39. The van der Waals surface area contributed by atoms with Crippen molar-refractivity contribution in [1.29, 1.82) is 0 Å². The summed E-state index contributed by atoms with van der Waals surface area (Å²) in [5.74, 6) is 0.635. The highest BCUT2D eigenvalue weighted by molar-refractivity contribution is 6.36. The minimum absolute atomic E-state index is 0.0483. The number of carbonyl (C=O) groups is 2. The van der Waals surface area contributed by atoms with E-state index in [4.69, 9.17) is 9.47 Å². The van der Waals surface area contributed by atoms with Crippen LogP contribution in [0.1, 0.15) is 38.8 Å². The number of imide groups is 1. The smallest absolute Gasteiger partial charge is 0.278 e. The first-order chi connectivity index (χ1) is 14.2. The zero-order valence-electron chi connectivity index (χ0n) is 18.3. The molecule has 30 heavy (non-hydrogen) atoms. The van der Waals surface area contributed by atoms with Gasteiger partial charge in [0.15, 0.2) is 0 Å². The molecular formula is C24H28N2O4. The van der Waals surface area contributed by atoms with Gasteiger partial charge in [-0.05, 0) is 70.0 Å². The van der Waals surface area contributed by atoms with Gasteiger partial charge in [-0.15, -0.1) is 0 Å². The van der Waals surface area contributed by atoms with Crippen LogP contribution in [-0.2, 0) is 9.59 Å². The molecule has 0 unspecified atom stereocenters. The molecule has 0 atom stereocenters. The van der Waals surface area contributed by atoms with Crippen LogP contribution in [0.25, 0.3) is 5.57 Å². The van der Waals surface area contributed by atoms with Crippen molar-refractivity contribution in [3.05, 3.63) is 59.3 Å². The second kappa shape index (κ2) is 8.61. The molecule has 6 nitrogen and oxygen atoms in total. The van der Waals surface area contributed by atoms with Crippen molar-refractivity contribution in [1.82, 2.24) is 4.90 Å². The normalized spacial score (nSPS) is 14.2. The largest absolute Gasteiger partial charge is 0.495 e. The molecule has 158 valence electrons. The Hall–Kier alpha value is -3.28. The molecule has 0 saturated heterocycles. The fraction of sp³-hybridized carbons (Fsp3) is 0.333. The minimum atomic E-state index is -0.351. The van der Waals surface area contributed by atoms with Gasteiger partial charge in [-0.2, -0.15) is 0 Å². The second-order valence-electron chi connectivity index (χ2n) is 7.84. The quantitative estimate of drug-likeness (QED) is 0.688. The molecular weight excluding hydrogens is 380 g/mol. The molecule has 0 bridgehead atoms. The molecule has 3 rings (SSSR count). The lowest BCUT2D eigenvalue weighted by atomic mass is 10.0. The SMILES string of the molecule is COc1ccc(C)cc1NC1=C(c2ccc(OC(C)C)cc2)C(=O)N(C(C)C)C1=O. The Kier molecular flexibility index (Phi) is 6.15. The fourth-order valence-corrected chi connectivity index (χ4v) is 3.43. The summed E-state index contributed by atoms with van der Waals surface area (Å²) in [4.78, 5) is 27.6. The molecule has 0 saturated carbocycles. The second-order valence-corrected chi connectivity index (χ2v) is 7.84. The number of methoxy groups -OCH3 is 1. The van der Waals surface area contributed by atoms with Gasteiger partial charge in [0.05, 0.1) is 24.5 Å². The fourth-order valence-electron chi connectivity index (χ4n) is 3.43. The Balaban J connectivity index is 2.08. The van der Waals surface area contributed by atoms with Gasteiger partial charge in [0.25, 0.3) is 11.8 Å². The summed E-state index contributed by atoms with van der Waals surface area (Å²) in [6, 6.07) is 12.6. The Morgan fingerprint density at radius 1 is 0.933 bits per heavy atom. The van der Waals surface area contributed by atoms with E-state index in [1.165, 1.54) is 4.90 Å². The highest BCUT2D eigenvalue weighted by Gasteiger charge is 2.40. The number of hydrogen-bond donors (Lipinski definition) is 1. The third-order valence-electron chi connectivity index (χ3n) is 4.76. The van der Waals surface area contributed by atoms with E-state index in [1.807, 2.05) is 65.0 Å². The van der Waals surface area contributed by atoms with Crippen LogP contribution in [0.3, 0.4) is 0 Å². The van der Waals surface area contributed by atoms with Gasteiger partial charge in [0.1, 0.15) is 17.2 Å². The molecule has 0 spiro atoms. The van der Waals surface area contributed by atoms with Crippen LogP contribution in [0, 0.1) is 6.92 Å². The number of nitrogens with zero attached hydrogens (tertiary/aromatic N) is 1. The molecule has 2 aromatic rings. The van der Waals surface area contributed by atoms with Gasteiger partial charge < -0.3 is 14.8 Å². The van der Waals surface area contributed by atoms with Gasteiger partial charge in [0, 0.05) is 6.04 Å². The monoisotopic (exact) mass is 408 g/mol. The van der Waals surface area contributed by atoms with Crippen molar-refractivity contribution < 1.29 is 19.1 Å². The number of rotatable bonds is 7. The first-order valence-corrected chi connectivity index (χ1v) is 10.0. The minimum Gasteiger partial charge on any atom is -0.495 e. The van der Waals surface area contributed by atoms with E-state index in [-0.39, 0.29) is 29.7 Å². The number of benzene rings is 2. The summed E-state index contributed by atoms with van der Waals surface area (Å²) in [7, 11) is 1.57. The number of hydrogen-bond acceptors (Lipinski definition) is 5. The van der Waals surface area contributed by atoms with Crippen molar-refractivity contribution in [2.75, 3.05) is 12.4 Å². The van der Waals surface area contributed by atoms with Gasteiger partial charge in [-0.25, -0.2) is 0 Å². The summed E-state index contributed by atoms with van der Waals surface area (Å²) in [5.41, 5.74) is 2.88. The average molecular weight is 408 g/mol. The number of ether oxygens (including phenoxy) is 2. The molecule has 0 aliphatic carbocycles. The Morgan fingerprint density at radius 3 is 2.17 bits per heavy atom. The molecule has 2 aromatic carbocycles. The van der Waals surface area contributed by atoms with Crippen molar-refractivity contribution in [3.63, 3.8) is 0 Å². The number of carbonyl (C=O) groups excluding carboxylic acids is 2. The standard InChI is InChI=1S/C24H28N2O4/c1-14(2)26-23(27)21(17-8-10-18(11-9-17)30-15(3)4)22(24(26)28)25-19-13-16(5)7-12-20(19)29-6/h7-15,25H,1-6H3. The van der Waals surface area contributed by atoms with Gasteiger partial charge in [-0.1, -0.05) is 18.2 Å². The molecule has 6 heteroatoms. The topological polar surface area (TPSA) is 67.9 Å². The number of anilines is 1. The molecule has 1 aliphatic rings. The summed E-state index contributed by atoms with van der Waals surface area (Å²) in [6.07, 6.45) is 0.0483. The lowest BCUT2D eigenvalue weighted by molar-refractivity contribution is -0.138. The molecule has 1 heterocycles. The first kappa shape index (κ1) is 21.4.